The minimum absolute atomic E-state index is 0.206. The Morgan fingerprint density at radius 1 is 1.12 bits per heavy atom. The maximum atomic E-state index is 12.6. The second-order valence-electron chi connectivity index (χ2n) is 5.19. The predicted molar refractivity (Wildman–Crippen MR) is 97.9 cm³/mol. The molecule has 0 spiro atoms. The minimum atomic E-state index is -0.206. The summed E-state index contributed by atoms with van der Waals surface area (Å²) < 4.78 is 5.41. The number of thiazole rings is 1. The maximum absolute atomic E-state index is 12.6. The molecule has 0 unspecified atom stereocenters. The standard InChI is InChI=1S/C19H18N2O2S/c1-3-23-16-11-9-15(10-12-16)21-19(22)17-18(24-13(2)20-17)14-7-5-4-6-8-14/h4-12H,3H2,1-2H3,(H,21,22). The summed E-state index contributed by atoms with van der Waals surface area (Å²) in [5.41, 5.74) is 2.17. The zero-order chi connectivity index (χ0) is 16.9. The molecule has 3 rings (SSSR count). The zero-order valence-corrected chi connectivity index (χ0v) is 14.4. The number of amides is 1. The van der Waals surface area contributed by atoms with E-state index in [-0.39, 0.29) is 5.91 Å². The van der Waals surface area contributed by atoms with Crippen molar-refractivity contribution < 1.29 is 9.53 Å². The van der Waals surface area contributed by atoms with Crippen molar-refractivity contribution in [2.45, 2.75) is 13.8 Å². The average Bonchev–Trinajstić information content (AvgIpc) is 3.00. The van der Waals surface area contributed by atoms with Crippen LogP contribution in [0.15, 0.2) is 54.6 Å². The quantitative estimate of drug-likeness (QED) is 0.729. The molecule has 5 heteroatoms. The molecule has 122 valence electrons. The summed E-state index contributed by atoms with van der Waals surface area (Å²) in [4.78, 5) is 17.9. The van der Waals surface area contributed by atoms with E-state index in [1.807, 2.05) is 68.4 Å². The number of aromatic nitrogens is 1. The number of rotatable bonds is 5. The van der Waals surface area contributed by atoms with Crippen LogP contribution in [0.1, 0.15) is 22.4 Å². The number of carbonyl (C=O) groups excluding carboxylic acids is 1. The number of hydrogen-bond donors (Lipinski definition) is 1. The van der Waals surface area contributed by atoms with Gasteiger partial charge in [-0.1, -0.05) is 30.3 Å². The van der Waals surface area contributed by atoms with Crippen LogP contribution in [-0.2, 0) is 0 Å². The van der Waals surface area contributed by atoms with Gasteiger partial charge in [0.2, 0.25) is 0 Å². The fourth-order valence-electron chi connectivity index (χ4n) is 2.36. The highest BCUT2D eigenvalue weighted by Crippen LogP contribution is 2.30. The van der Waals surface area contributed by atoms with E-state index in [1.54, 1.807) is 0 Å². The summed E-state index contributed by atoms with van der Waals surface area (Å²) in [7, 11) is 0. The number of nitrogens with one attached hydrogen (secondary N) is 1. The first kappa shape index (κ1) is 16.2. The molecule has 0 saturated carbocycles. The Bertz CT molecular complexity index is 826. The van der Waals surface area contributed by atoms with Gasteiger partial charge in [-0.15, -0.1) is 11.3 Å². The topological polar surface area (TPSA) is 51.2 Å². The van der Waals surface area contributed by atoms with Crippen LogP contribution in [0.4, 0.5) is 5.69 Å². The average molecular weight is 338 g/mol. The highest BCUT2D eigenvalue weighted by molar-refractivity contribution is 7.15. The third-order valence-electron chi connectivity index (χ3n) is 3.41. The Balaban J connectivity index is 1.83. The Morgan fingerprint density at radius 3 is 2.50 bits per heavy atom. The first-order valence-corrected chi connectivity index (χ1v) is 8.56. The van der Waals surface area contributed by atoms with Crippen LogP contribution in [0.5, 0.6) is 5.75 Å². The molecule has 4 nitrogen and oxygen atoms in total. The molecule has 2 aromatic carbocycles. The van der Waals surface area contributed by atoms with E-state index < -0.39 is 0 Å². The highest BCUT2D eigenvalue weighted by Gasteiger charge is 2.18. The van der Waals surface area contributed by atoms with Crippen LogP contribution in [0.2, 0.25) is 0 Å². The van der Waals surface area contributed by atoms with E-state index in [4.69, 9.17) is 4.74 Å². The number of hydrogen-bond acceptors (Lipinski definition) is 4. The van der Waals surface area contributed by atoms with Crippen molar-refractivity contribution in [2.75, 3.05) is 11.9 Å². The van der Waals surface area contributed by atoms with Gasteiger partial charge in [0.15, 0.2) is 0 Å². The number of nitrogens with zero attached hydrogens (tertiary/aromatic N) is 1. The summed E-state index contributed by atoms with van der Waals surface area (Å²) >= 11 is 1.52. The lowest BCUT2D eigenvalue weighted by molar-refractivity contribution is 0.102. The van der Waals surface area contributed by atoms with Gasteiger partial charge in [0.25, 0.3) is 5.91 Å². The molecule has 0 saturated heterocycles. The Kier molecular flexibility index (Phi) is 4.91. The van der Waals surface area contributed by atoms with Crippen LogP contribution < -0.4 is 10.1 Å². The van der Waals surface area contributed by atoms with Crippen molar-refractivity contribution in [3.8, 4) is 16.2 Å². The summed E-state index contributed by atoms with van der Waals surface area (Å²) in [5.74, 6) is 0.576. The molecule has 24 heavy (non-hydrogen) atoms. The lowest BCUT2D eigenvalue weighted by Gasteiger charge is -2.07. The largest absolute Gasteiger partial charge is 0.494 e. The summed E-state index contributed by atoms with van der Waals surface area (Å²) in [6.07, 6.45) is 0. The van der Waals surface area contributed by atoms with Gasteiger partial charge in [0, 0.05) is 5.69 Å². The van der Waals surface area contributed by atoms with E-state index in [1.165, 1.54) is 11.3 Å². The number of benzene rings is 2. The third-order valence-corrected chi connectivity index (χ3v) is 4.43. The molecular weight excluding hydrogens is 320 g/mol. The van der Waals surface area contributed by atoms with E-state index in [0.29, 0.717) is 18.0 Å². The van der Waals surface area contributed by atoms with Crippen LogP contribution in [0.3, 0.4) is 0 Å². The molecule has 0 aliphatic carbocycles. The number of ether oxygens (including phenoxy) is 1. The van der Waals surface area contributed by atoms with Crippen molar-refractivity contribution in [3.05, 3.63) is 65.3 Å². The van der Waals surface area contributed by atoms with E-state index in [2.05, 4.69) is 10.3 Å². The first-order valence-electron chi connectivity index (χ1n) is 7.74. The van der Waals surface area contributed by atoms with Crippen LogP contribution >= 0.6 is 11.3 Å². The molecule has 0 bridgehead atoms. The Hall–Kier alpha value is -2.66. The summed E-state index contributed by atoms with van der Waals surface area (Å²) in [5, 5.41) is 3.77. The van der Waals surface area contributed by atoms with Crippen LogP contribution in [0, 0.1) is 6.92 Å². The van der Waals surface area contributed by atoms with Crippen molar-refractivity contribution in [2.24, 2.45) is 0 Å². The van der Waals surface area contributed by atoms with Gasteiger partial charge in [-0.3, -0.25) is 4.79 Å². The molecule has 0 aliphatic heterocycles. The van der Waals surface area contributed by atoms with Gasteiger partial charge in [-0.05, 0) is 43.7 Å². The number of aryl methyl sites for hydroxylation is 1. The van der Waals surface area contributed by atoms with Gasteiger partial charge in [-0.2, -0.15) is 0 Å². The minimum Gasteiger partial charge on any atom is -0.494 e. The molecule has 1 aromatic heterocycles. The first-order chi connectivity index (χ1) is 11.7. The van der Waals surface area contributed by atoms with Crippen molar-refractivity contribution in [1.29, 1.82) is 0 Å². The van der Waals surface area contributed by atoms with Crippen LogP contribution in [-0.4, -0.2) is 17.5 Å². The maximum Gasteiger partial charge on any atom is 0.275 e. The van der Waals surface area contributed by atoms with Gasteiger partial charge in [0.05, 0.1) is 16.5 Å². The van der Waals surface area contributed by atoms with Crippen molar-refractivity contribution in [3.63, 3.8) is 0 Å². The Morgan fingerprint density at radius 2 is 1.83 bits per heavy atom. The second-order valence-corrected chi connectivity index (χ2v) is 6.39. The summed E-state index contributed by atoms with van der Waals surface area (Å²) in [6.45, 7) is 4.46. The van der Waals surface area contributed by atoms with Gasteiger partial charge in [-0.25, -0.2) is 4.98 Å². The molecule has 0 fully saturated rings. The molecule has 0 aliphatic rings. The zero-order valence-electron chi connectivity index (χ0n) is 13.6. The van der Waals surface area contributed by atoms with Crippen LogP contribution in [0.25, 0.3) is 10.4 Å². The van der Waals surface area contributed by atoms with Gasteiger partial charge < -0.3 is 10.1 Å². The molecule has 1 heterocycles. The van der Waals surface area contributed by atoms with E-state index >= 15 is 0 Å². The monoisotopic (exact) mass is 338 g/mol. The van der Waals surface area contributed by atoms with Crippen molar-refractivity contribution in [1.82, 2.24) is 4.98 Å². The lowest BCUT2D eigenvalue weighted by Crippen LogP contribution is -2.13. The van der Waals surface area contributed by atoms with Gasteiger partial charge >= 0.3 is 0 Å². The Labute approximate surface area is 145 Å². The molecule has 0 radical (unpaired) electrons. The van der Waals surface area contributed by atoms with Gasteiger partial charge in [0.1, 0.15) is 11.4 Å². The molecule has 3 aromatic rings. The number of anilines is 1. The normalized spacial score (nSPS) is 10.4. The van der Waals surface area contributed by atoms with Crippen molar-refractivity contribution >= 4 is 22.9 Å². The smallest absolute Gasteiger partial charge is 0.275 e. The number of carbonyl (C=O) groups is 1. The summed E-state index contributed by atoms with van der Waals surface area (Å²) in [6, 6.07) is 17.2. The van der Waals surface area contributed by atoms with E-state index in [9.17, 15) is 4.79 Å². The molecular formula is C19H18N2O2S. The third kappa shape index (κ3) is 3.63. The fourth-order valence-corrected chi connectivity index (χ4v) is 3.28. The second kappa shape index (κ2) is 7.27. The van der Waals surface area contributed by atoms with E-state index in [0.717, 1.165) is 21.2 Å². The molecule has 1 amide bonds. The lowest BCUT2D eigenvalue weighted by atomic mass is 10.1. The fraction of sp³-hybridized carbons (Fsp3) is 0.158. The highest BCUT2D eigenvalue weighted by atomic mass is 32.1. The molecule has 1 N–H and O–H groups in total. The predicted octanol–water partition coefficient (Wildman–Crippen LogP) is 4.77. The molecule has 0 atom stereocenters. The SMILES string of the molecule is CCOc1ccc(NC(=O)c2nc(C)sc2-c2ccccc2)cc1.